The van der Waals surface area contributed by atoms with E-state index in [1.165, 1.54) is 0 Å². The van der Waals surface area contributed by atoms with Crippen molar-refractivity contribution in [1.29, 1.82) is 0 Å². The van der Waals surface area contributed by atoms with Gasteiger partial charge in [-0.15, -0.1) is 11.8 Å². The molecular formula is C18H16OS2. The van der Waals surface area contributed by atoms with Crippen molar-refractivity contribution in [3.63, 3.8) is 0 Å². The van der Waals surface area contributed by atoms with Crippen molar-refractivity contribution in [3.05, 3.63) is 82.1 Å². The lowest BCUT2D eigenvalue weighted by atomic mass is 10.2. The molecule has 0 aliphatic carbocycles. The third-order valence-electron chi connectivity index (χ3n) is 2.75. The molecule has 0 aliphatic heterocycles. The highest BCUT2D eigenvalue weighted by atomic mass is 32.2. The minimum atomic E-state index is 0.843. The first kappa shape index (κ1) is 15.7. The van der Waals surface area contributed by atoms with Gasteiger partial charge in [0, 0.05) is 14.7 Å². The lowest BCUT2D eigenvalue weighted by Gasteiger charge is -2.09. The van der Waals surface area contributed by atoms with Crippen molar-refractivity contribution in [2.24, 2.45) is 0 Å². The Balaban J connectivity index is 2.37. The Morgan fingerprint density at radius 1 is 0.905 bits per heavy atom. The zero-order valence-corrected chi connectivity index (χ0v) is 13.4. The third kappa shape index (κ3) is 4.96. The van der Waals surface area contributed by atoms with Crippen LogP contribution in [0.15, 0.2) is 81.4 Å². The lowest BCUT2D eigenvalue weighted by molar-refractivity contribution is -0.104. The van der Waals surface area contributed by atoms with Gasteiger partial charge in [-0.05, 0) is 36.1 Å². The van der Waals surface area contributed by atoms with Gasteiger partial charge in [0.05, 0.1) is 0 Å². The van der Waals surface area contributed by atoms with E-state index in [9.17, 15) is 4.79 Å². The molecule has 0 unspecified atom stereocenters. The van der Waals surface area contributed by atoms with Gasteiger partial charge in [-0.25, -0.2) is 0 Å². The van der Waals surface area contributed by atoms with E-state index >= 15 is 0 Å². The van der Waals surface area contributed by atoms with E-state index in [0.717, 1.165) is 26.6 Å². The summed E-state index contributed by atoms with van der Waals surface area (Å²) in [6.07, 6.45) is 6.56. The number of rotatable bonds is 6. The topological polar surface area (TPSA) is 17.1 Å². The number of thioether (sulfide) groups is 2. The van der Waals surface area contributed by atoms with Crippen LogP contribution in [0.5, 0.6) is 0 Å². The van der Waals surface area contributed by atoms with Gasteiger partial charge in [0.15, 0.2) is 0 Å². The van der Waals surface area contributed by atoms with Crippen molar-refractivity contribution in [3.8, 4) is 0 Å². The predicted octanol–water partition coefficient (Wildman–Crippen LogP) is 5.27. The molecule has 0 bridgehead atoms. The molecule has 3 heteroatoms. The molecule has 2 aromatic carbocycles. The van der Waals surface area contributed by atoms with Crippen molar-refractivity contribution < 1.29 is 4.79 Å². The highest BCUT2D eigenvalue weighted by Gasteiger charge is 2.07. The van der Waals surface area contributed by atoms with Crippen LogP contribution < -0.4 is 0 Å². The maximum Gasteiger partial charge on any atom is 0.143 e. The van der Waals surface area contributed by atoms with E-state index < -0.39 is 0 Å². The molecule has 2 rings (SSSR count). The van der Waals surface area contributed by atoms with Crippen LogP contribution in [0, 0.1) is 0 Å². The second kappa shape index (κ2) is 8.55. The molecule has 0 aliphatic rings. The van der Waals surface area contributed by atoms with Crippen LogP contribution >= 0.6 is 23.5 Å². The van der Waals surface area contributed by atoms with Crippen LogP contribution in [0.25, 0.3) is 6.08 Å². The average Bonchev–Trinajstić information content (AvgIpc) is 2.54. The monoisotopic (exact) mass is 312 g/mol. The summed E-state index contributed by atoms with van der Waals surface area (Å²) in [5.41, 5.74) is 1.13. The van der Waals surface area contributed by atoms with Gasteiger partial charge in [0.1, 0.15) is 6.29 Å². The Kier molecular flexibility index (Phi) is 6.38. The summed E-state index contributed by atoms with van der Waals surface area (Å²) < 4.78 is 0. The maximum atomic E-state index is 10.9. The Morgan fingerprint density at radius 2 is 1.52 bits per heavy atom. The van der Waals surface area contributed by atoms with Gasteiger partial charge < -0.3 is 0 Å². The molecule has 2 aromatic rings. The molecule has 0 saturated carbocycles. The largest absolute Gasteiger partial charge is 0.299 e. The molecule has 0 heterocycles. The molecule has 0 aromatic heterocycles. The van der Waals surface area contributed by atoms with Crippen LogP contribution in [0.3, 0.4) is 0 Å². The first-order chi connectivity index (χ1) is 10.3. The Morgan fingerprint density at radius 3 is 2.10 bits per heavy atom. The van der Waals surface area contributed by atoms with Crippen LogP contribution in [0.4, 0.5) is 0 Å². The minimum Gasteiger partial charge on any atom is -0.299 e. The minimum absolute atomic E-state index is 0.843. The second-order valence-electron chi connectivity index (χ2n) is 4.21. The number of carbonyl (C=O) groups is 1. The molecule has 0 fully saturated rings. The number of allylic oxidation sites excluding steroid dienone is 1. The number of aldehydes is 1. The van der Waals surface area contributed by atoms with Crippen molar-refractivity contribution in [2.45, 2.75) is 4.90 Å². The molecule has 21 heavy (non-hydrogen) atoms. The van der Waals surface area contributed by atoms with E-state index in [0.29, 0.717) is 0 Å². The summed E-state index contributed by atoms with van der Waals surface area (Å²) >= 11 is 3.25. The fraction of sp³-hybridized carbons (Fsp3) is 0.0556. The van der Waals surface area contributed by atoms with E-state index in [1.54, 1.807) is 29.6 Å². The zero-order chi connectivity index (χ0) is 14.9. The average molecular weight is 312 g/mol. The van der Waals surface area contributed by atoms with Gasteiger partial charge in [0.25, 0.3) is 0 Å². The third-order valence-corrected chi connectivity index (χ3v) is 4.74. The molecule has 0 amide bonds. The number of hydrogen-bond acceptors (Lipinski definition) is 3. The molecule has 0 radical (unpaired) electrons. The van der Waals surface area contributed by atoms with Crippen molar-refractivity contribution >= 4 is 35.9 Å². The Hall–Kier alpha value is -1.71. The lowest BCUT2D eigenvalue weighted by Crippen LogP contribution is -1.84. The summed E-state index contributed by atoms with van der Waals surface area (Å²) in [5, 5.41) is 0. The summed E-state index contributed by atoms with van der Waals surface area (Å²) in [6, 6.07) is 20.3. The standard InChI is InChI=1S/C18H16OS2/c1-20-17(12-13-19)18(14-15-8-4-2-5-9-15)21-16-10-6-3-7-11-16/h2-14H,1H3/b17-12-,18-14-. The first-order valence-corrected chi connectivity index (χ1v) is 8.57. The van der Waals surface area contributed by atoms with E-state index in [1.807, 2.05) is 42.7 Å². The summed E-state index contributed by atoms with van der Waals surface area (Å²) in [6.45, 7) is 0. The molecule has 0 N–H and O–H groups in total. The molecule has 106 valence electrons. The Labute approximate surface area is 134 Å². The zero-order valence-electron chi connectivity index (χ0n) is 11.7. The maximum absolute atomic E-state index is 10.9. The van der Waals surface area contributed by atoms with Crippen LogP contribution in [0.2, 0.25) is 0 Å². The van der Waals surface area contributed by atoms with Crippen molar-refractivity contribution in [2.75, 3.05) is 6.26 Å². The van der Waals surface area contributed by atoms with Gasteiger partial charge in [0.2, 0.25) is 0 Å². The summed E-state index contributed by atoms with van der Waals surface area (Å²) in [7, 11) is 0. The summed E-state index contributed by atoms with van der Waals surface area (Å²) in [4.78, 5) is 14.1. The number of carbonyl (C=O) groups excluding carboxylic acids is 1. The van der Waals surface area contributed by atoms with E-state index in [4.69, 9.17) is 0 Å². The van der Waals surface area contributed by atoms with Gasteiger partial charge >= 0.3 is 0 Å². The molecular weight excluding hydrogens is 296 g/mol. The van der Waals surface area contributed by atoms with Crippen molar-refractivity contribution in [1.82, 2.24) is 0 Å². The fourth-order valence-corrected chi connectivity index (χ4v) is 3.52. The van der Waals surface area contributed by atoms with E-state index in [-0.39, 0.29) is 0 Å². The predicted molar refractivity (Wildman–Crippen MR) is 94.4 cm³/mol. The number of benzene rings is 2. The molecule has 0 saturated heterocycles. The highest BCUT2D eigenvalue weighted by Crippen LogP contribution is 2.37. The van der Waals surface area contributed by atoms with Gasteiger partial charge in [-0.1, -0.05) is 60.3 Å². The molecule has 1 nitrogen and oxygen atoms in total. The second-order valence-corrected chi connectivity index (χ2v) is 6.17. The van der Waals surface area contributed by atoms with Crippen LogP contribution in [-0.2, 0) is 4.79 Å². The molecule has 0 atom stereocenters. The Bertz CT molecular complexity index is 631. The fourth-order valence-electron chi connectivity index (χ4n) is 1.78. The quantitative estimate of drug-likeness (QED) is 0.313. The molecule has 0 spiro atoms. The number of hydrogen-bond donors (Lipinski definition) is 0. The van der Waals surface area contributed by atoms with E-state index in [2.05, 4.69) is 30.3 Å². The highest BCUT2D eigenvalue weighted by molar-refractivity contribution is 8.08. The normalized spacial score (nSPS) is 12.2. The van der Waals surface area contributed by atoms with Gasteiger partial charge in [-0.3, -0.25) is 4.79 Å². The van der Waals surface area contributed by atoms with Crippen LogP contribution in [0.1, 0.15) is 5.56 Å². The van der Waals surface area contributed by atoms with Crippen LogP contribution in [-0.4, -0.2) is 12.5 Å². The SMILES string of the molecule is CSC(=C\C=O)/C(=C/c1ccccc1)Sc1ccccc1. The van der Waals surface area contributed by atoms with Gasteiger partial charge in [-0.2, -0.15) is 0 Å². The summed E-state index contributed by atoms with van der Waals surface area (Å²) in [5.74, 6) is 0. The smallest absolute Gasteiger partial charge is 0.143 e. The first-order valence-electron chi connectivity index (χ1n) is 6.53.